The van der Waals surface area contributed by atoms with Crippen LogP contribution >= 0.6 is 0 Å². The molecule has 0 N–H and O–H groups in total. The molecule has 0 aromatic carbocycles. The standard InChI is InChI=1S/C25H36O5/c1-5-16-6-7-21-18(8-16)15-30-23-13-25(24(28-4)12-22(21)23)29-14-17-9-19(26-2)11-20(10-17)27-3/h8-9,11,18,20-23H,5-7,10,12-15H2,1-4H3. The van der Waals surface area contributed by atoms with Gasteiger partial charge in [-0.15, -0.1) is 0 Å². The summed E-state index contributed by atoms with van der Waals surface area (Å²) in [6, 6.07) is 0. The lowest BCUT2D eigenvalue weighted by atomic mass is 9.67. The summed E-state index contributed by atoms with van der Waals surface area (Å²) < 4.78 is 29.4. The summed E-state index contributed by atoms with van der Waals surface area (Å²) in [5.74, 6) is 4.55. The molecule has 5 nitrogen and oxygen atoms in total. The van der Waals surface area contributed by atoms with Gasteiger partial charge in [0.25, 0.3) is 0 Å². The van der Waals surface area contributed by atoms with E-state index in [0.717, 1.165) is 49.6 Å². The second-order valence-corrected chi connectivity index (χ2v) is 8.88. The number of ether oxygens (including phenoxy) is 5. The molecule has 0 radical (unpaired) electrons. The van der Waals surface area contributed by atoms with Crippen LogP contribution in [0.15, 0.2) is 46.7 Å². The molecule has 0 saturated carbocycles. The van der Waals surface area contributed by atoms with E-state index < -0.39 is 0 Å². The Bertz CT molecular complexity index is 747. The SMILES string of the molecule is CCC1=CC2COC3CC(OCC4=CC(OC)=CC(OC)C4)=C(OC)CC3C2CC1. The van der Waals surface area contributed by atoms with Gasteiger partial charge in [-0.2, -0.15) is 0 Å². The molecule has 0 bridgehead atoms. The quantitative estimate of drug-likeness (QED) is 0.552. The van der Waals surface area contributed by atoms with Gasteiger partial charge in [0.2, 0.25) is 0 Å². The van der Waals surface area contributed by atoms with Crippen LogP contribution in [-0.2, 0) is 23.7 Å². The fourth-order valence-corrected chi connectivity index (χ4v) is 5.53. The maximum absolute atomic E-state index is 6.35. The van der Waals surface area contributed by atoms with Crippen LogP contribution in [0.4, 0.5) is 0 Å². The zero-order valence-corrected chi connectivity index (χ0v) is 18.8. The van der Waals surface area contributed by atoms with E-state index in [1.807, 2.05) is 6.08 Å². The zero-order valence-electron chi connectivity index (χ0n) is 18.8. The van der Waals surface area contributed by atoms with Crippen LogP contribution in [0.1, 0.15) is 45.4 Å². The van der Waals surface area contributed by atoms with Crippen molar-refractivity contribution in [1.29, 1.82) is 0 Å². The molecule has 166 valence electrons. The Labute approximate surface area is 180 Å². The van der Waals surface area contributed by atoms with Crippen LogP contribution in [0, 0.1) is 17.8 Å². The van der Waals surface area contributed by atoms with Crippen LogP contribution in [0.3, 0.4) is 0 Å². The molecule has 30 heavy (non-hydrogen) atoms. The lowest BCUT2D eigenvalue weighted by molar-refractivity contribution is -0.0996. The third kappa shape index (κ3) is 4.47. The first-order valence-electron chi connectivity index (χ1n) is 11.3. The molecule has 0 amide bonds. The van der Waals surface area contributed by atoms with Crippen LogP contribution in [-0.4, -0.2) is 46.8 Å². The van der Waals surface area contributed by atoms with E-state index in [9.17, 15) is 0 Å². The van der Waals surface area contributed by atoms with Crippen LogP contribution in [0.5, 0.6) is 0 Å². The van der Waals surface area contributed by atoms with Gasteiger partial charge in [0, 0.05) is 32.3 Å². The molecule has 0 spiro atoms. The fraction of sp³-hybridized carbons (Fsp3) is 0.680. The molecule has 1 aliphatic heterocycles. The van der Waals surface area contributed by atoms with Crippen molar-refractivity contribution < 1.29 is 23.7 Å². The Kier molecular flexibility index (Phi) is 6.89. The van der Waals surface area contributed by atoms with Gasteiger partial charge < -0.3 is 23.7 Å². The predicted molar refractivity (Wildman–Crippen MR) is 116 cm³/mol. The zero-order chi connectivity index (χ0) is 21.1. The van der Waals surface area contributed by atoms with E-state index in [-0.39, 0.29) is 12.2 Å². The van der Waals surface area contributed by atoms with Crippen LogP contribution in [0.2, 0.25) is 0 Å². The highest BCUT2D eigenvalue weighted by atomic mass is 16.5. The molecule has 5 heteroatoms. The van der Waals surface area contributed by atoms with Crippen LogP contribution in [0.25, 0.3) is 0 Å². The fourth-order valence-electron chi connectivity index (χ4n) is 5.53. The van der Waals surface area contributed by atoms with Crippen molar-refractivity contribution in [3.05, 3.63) is 46.7 Å². The number of rotatable bonds is 7. The molecule has 0 aromatic heterocycles. The summed E-state index contributed by atoms with van der Waals surface area (Å²) in [7, 11) is 5.18. The second kappa shape index (κ2) is 9.61. The number of methoxy groups -OCH3 is 3. The molecule has 1 heterocycles. The maximum atomic E-state index is 6.35. The molecule has 3 aliphatic carbocycles. The van der Waals surface area contributed by atoms with Crippen molar-refractivity contribution in [3.63, 3.8) is 0 Å². The molecule has 1 fully saturated rings. The van der Waals surface area contributed by atoms with Gasteiger partial charge >= 0.3 is 0 Å². The number of hydrogen-bond donors (Lipinski definition) is 0. The molecule has 5 atom stereocenters. The van der Waals surface area contributed by atoms with E-state index in [0.29, 0.717) is 24.4 Å². The Hall–Kier alpha value is -1.72. The number of fused-ring (bicyclic) bond motifs is 3. The molecule has 4 rings (SSSR count). The lowest BCUT2D eigenvalue weighted by Crippen LogP contribution is -2.45. The highest BCUT2D eigenvalue weighted by Gasteiger charge is 2.44. The average molecular weight is 417 g/mol. The normalized spacial score (nSPS) is 33.6. The van der Waals surface area contributed by atoms with E-state index >= 15 is 0 Å². The summed E-state index contributed by atoms with van der Waals surface area (Å²) in [5.41, 5.74) is 2.76. The average Bonchev–Trinajstić information content (AvgIpc) is 2.81. The highest BCUT2D eigenvalue weighted by molar-refractivity contribution is 5.27. The largest absolute Gasteiger partial charge is 0.498 e. The van der Waals surface area contributed by atoms with Crippen molar-refractivity contribution in [1.82, 2.24) is 0 Å². The summed E-state index contributed by atoms with van der Waals surface area (Å²) in [4.78, 5) is 0. The van der Waals surface area contributed by atoms with Gasteiger partial charge in [0.1, 0.15) is 23.9 Å². The minimum Gasteiger partial charge on any atom is -0.498 e. The van der Waals surface area contributed by atoms with E-state index in [1.54, 1.807) is 26.9 Å². The van der Waals surface area contributed by atoms with Gasteiger partial charge in [-0.25, -0.2) is 0 Å². The first-order valence-corrected chi connectivity index (χ1v) is 11.3. The van der Waals surface area contributed by atoms with Crippen molar-refractivity contribution in [2.75, 3.05) is 34.5 Å². The predicted octanol–water partition coefficient (Wildman–Crippen LogP) is 4.91. The summed E-state index contributed by atoms with van der Waals surface area (Å²) in [5, 5.41) is 0. The number of hydrogen-bond acceptors (Lipinski definition) is 5. The van der Waals surface area contributed by atoms with Gasteiger partial charge in [-0.3, -0.25) is 0 Å². The minimum absolute atomic E-state index is 0.0288. The van der Waals surface area contributed by atoms with E-state index in [2.05, 4.69) is 19.1 Å². The maximum Gasteiger partial charge on any atom is 0.137 e. The third-order valence-electron chi connectivity index (χ3n) is 7.28. The summed E-state index contributed by atoms with van der Waals surface area (Å²) in [6.07, 6.45) is 13.0. The first-order chi connectivity index (χ1) is 14.6. The topological polar surface area (TPSA) is 46.2 Å². The van der Waals surface area contributed by atoms with Crippen molar-refractivity contribution in [2.45, 2.75) is 57.7 Å². The van der Waals surface area contributed by atoms with Crippen molar-refractivity contribution >= 4 is 0 Å². The molecule has 4 aliphatic rings. The molecule has 0 aromatic rings. The van der Waals surface area contributed by atoms with E-state index in [4.69, 9.17) is 23.7 Å². The van der Waals surface area contributed by atoms with Crippen LogP contribution < -0.4 is 0 Å². The van der Waals surface area contributed by atoms with Gasteiger partial charge in [0.05, 0.1) is 33.0 Å². The Morgan fingerprint density at radius 2 is 1.83 bits per heavy atom. The summed E-state index contributed by atoms with van der Waals surface area (Å²) in [6.45, 7) is 3.62. The van der Waals surface area contributed by atoms with Crippen molar-refractivity contribution in [2.24, 2.45) is 17.8 Å². The molecule has 1 saturated heterocycles. The smallest absolute Gasteiger partial charge is 0.137 e. The molecule has 5 unspecified atom stereocenters. The third-order valence-corrected chi connectivity index (χ3v) is 7.28. The van der Waals surface area contributed by atoms with Gasteiger partial charge in [-0.05, 0) is 48.8 Å². The highest BCUT2D eigenvalue weighted by Crippen LogP contribution is 2.47. The lowest BCUT2D eigenvalue weighted by Gasteiger charge is -2.47. The monoisotopic (exact) mass is 416 g/mol. The molecular weight excluding hydrogens is 380 g/mol. The Balaban J connectivity index is 1.44. The number of allylic oxidation sites excluding steroid dienone is 3. The summed E-state index contributed by atoms with van der Waals surface area (Å²) >= 11 is 0. The minimum atomic E-state index is 0.0288. The second-order valence-electron chi connectivity index (χ2n) is 8.88. The van der Waals surface area contributed by atoms with Crippen molar-refractivity contribution in [3.8, 4) is 0 Å². The van der Waals surface area contributed by atoms with Gasteiger partial charge in [0.15, 0.2) is 0 Å². The van der Waals surface area contributed by atoms with E-state index in [1.165, 1.54) is 18.4 Å². The van der Waals surface area contributed by atoms with Gasteiger partial charge in [-0.1, -0.05) is 18.6 Å². The first kappa shape index (κ1) is 21.5. The Morgan fingerprint density at radius 3 is 2.57 bits per heavy atom. The Morgan fingerprint density at radius 1 is 0.967 bits per heavy atom. The molecular formula is C25H36O5.